The summed E-state index contributed by atoms with van der Waals surface area (Å²) in [7, 11) is 0. The third-order valence-electron chi connectivity index (χ3n) is 4.82. The average Bonchev–Trinajstić information content (AvgIpc) is 2.63. The van der Waals surface area contributed by atoms with Crippen LogP contribution < -0.4 is 0 Å². The Balaban J connectivity index is 2.17. The molecule has 0 radical (unpaired) electrons. The van der Waals surface area contributed by atoms with Gasteiger partial charge >= 0.3 is 5.97 Å². The molecule has 0 aliphatic carbocycles. The van der Waals surface area contributed by atoms with Crippen molar-refractivity contribution in [1.29, 1.82) is 0 Å². The van der Waals surface area contributed by atoms with Gasteiger partial charge in [0, 0.05) is 0 Å². The van der Waals surface area contributed by atoms with Crippen LogP contribution in [0.3, 0.4) is 0 Å². The summed E-state index contributed by atoms with van der Waals surface area (Å²) in [6.07, 6.45) is 15.7. The van der Waals surface area contributed by atoms with E-state index in [-0.39, 0.29) is 6.10 Å². The first-order valence-electron chi connectivity index (χ1n) is 10.6. The summed E-state index contributed by atoms with van der Waals surface area (Å²) in [4.78, 5) is 12.2. The van der Waals surface area contributed by atoms with Crippen molar-refractivity contribution in [2.45, 2.75) is 103 Å². The molecule has 0 bridgehead atoms. The summed E-state index contributed by atoms with van der Waals surface area (Å²) in [6, 6.07) is 5.73. The van der Waals surface area contributed by atoms with Crippen molar-refractivity contribution < 1.29 is 13.9 Å². The Labute approximate surface area is 159 Å². The molecule has 0 fully saturated rings. The van der Waals surface area contributed by atoms with Gasteiger partial charge in [-0.1, -0.05) is 84.1 Å². The van der Waals surface area contributed by atoms with E-state index in [4.69, 9.17) is 4.74 Å². The molecule has 0 aliphatic heterocycles. The Kier molecular flexibility index (Phi) is 12.9. The van der Waals surface area contributed by atoms with Crippen LogP contribution in [-0.4, -0.2) is 12.1 Å². The minimum Gasteiger partial charge on any atom is -0.459 e. The SMILES string of the molecule is CCCCCCCCCCCCC(CCC)OC(=O)c1cccc(F)c1. The van der Waals surface area contributed by atoms with E-state index in [1.165, 1.54) is 69.9 Å². The lowest BCUT2D eigenvalue weighted by molar-refractivity contribution is 0.0253. The van der Waals surface area contributed by atoms with Crippen LogP contribution in [0.1, 0.15) is 108 Å². The fraction of sp³-hybridized carbons (Fsp3) is 0.696. The van der Waals surface area contributed by atoms with Gasteiger partial charge in [-0.15, -0.1) is 0 Å². The average molecular weight is 365 g/mol. The second-order valence-corrected chi connectivity index (χ2v) is 7.30. The van der Waals surface area contributed by atoms with Crippen molar-refractivity contribution in [2.24, 2.45) is 0 Å². The fourth-order valence-corrected chi connectivity index (χ4v) is 3.28. The maximum Gasteiger partial charge on any atom is 0.338 e. The van der Waals surface area contributed by atoms with Crippen LogP contribution in [0, 0.1) is 5.82 Å². The quantitative estimate of drug-likeness (QED) is 0.238. The van der Waals surface area contributed by atoms with Gasteiger partial charge < -0.3 is 4.74 Å². The van der Waals surface area contributed by atoms with Crippen LogP contribution in [0.4, 0.5) is 4.39 Å². The number of esters is 1. The lowest BCUT2D eigenvalue weighted by Gasteiger charge is -2.17. The molecule has 1 aromatic carbocycles. The highest BCUT2D eigenvalue weighted by Gasteiger charge is 2.15. The molecule has 0 saturated carbocycles. The van der Waals surface area contributed by atoms with Crippen molar-refractivity contribution in [3.05, 3.63) is 35.6 Å². The van der Waals surface area contributed by atoms with Gasteiger partial charge in [0.15, 0.2) is 0 Å². The zero-order chi connectivity index (χ0) is 19.0. The first-order valence-corrected chi connectivity index (χ1v) is 10.6. The Morgan fingerprint density at radius 2 is 1.50 bits per heavy atom. The van der Waals surface area contributed by atoms with E-state index in [2.05, 4.69) is 13.8 Å². The molecule has 0 amide bonds. The van der Waals surface area contributed by atoms with Gasteiger partial charge in [-0.3, -0.25) is 0 Å². The number of ether oxygens (including phenoxy) is 1. The van der Waals surface area contributed by atoms with Crippen LogP contribution in [0.25, 0.3) is 0 Å². The predicted molar refractivity (Wildman–Crippen MR) is 107 cm³/mol. The van der Waals surface area contributed by atoms with Crippen molar-refractivity contribution >= 4 is 5.97 Å². The molecule has 0 N–H and O–H groups in total. The maximum atomic E-state index is 13.2. The second kappa shape index (κ2) is 14.8. The Hall–Kier alpha value is -1.38. The maximum absolute atomic E-state index is 13.2. The standard InChI is InChI=1S/C23H37FO2/c1-3-5-6-7-8-9-10-11-12-13-18-22(15-4-2)26-23(25)20-16-14-17-21(24)19-20/h14,16-17,19,22H,3-13,15,18H2,1-2H3. The van der Waals surface area contributed by atoms with Crippen molar-refractivity contribution in [2.75, 3.05) is 0 Å². The lowest BCUT2D eigenvalue weighted by atomic mass is 10.0. The number of unbranched alkanes of at least 4 members (excludes halogenated alkanes) is 9. The van der Waals surface area contributed by atoms with E-state index in [9.17, 15) is 9.18 Å². The number of hydrogen-bond donors (Lipinski definition) is 0. The second-order valence-electron chi connectivity index (χ2n) is 7.30. The largest absolute Gasteiger partial charge is 0.459 e. The summed E-state index contributed by atoms with van der Waals surface area (Å²) in [5.74, 6) is -0.809. The predicted octanol–water partition coefficient (Wildman–Crippen LogP) is 7.46. The highest BCUT2D eigenvalue weighted by atomic mass is 19.1. The van der Waals surface area contributed by atoms with E-state index in [0.29, 0.717) is 5.56 Å². The van der Waals surface area contributed by atoms with Crippen LogP contribution in [-0.2, 0) is 4.74 Å². The Bertz CT molecular complexity index is 487. The highest BCUT2D eigenvalue weighted by molar-refractivity contribution is 5.89. The van der Waals surface area contributed by atoms with E-state index < -0.39 is 11.8 Å². The highest BCUT2D eigenvalue weighted by Crippen LogP contribution is 2.17. The van der Waals surface area contributed by atoms with E-state index in [1.807, 2.05) is 0 Å². The smallest absolute Gasteiger partial charge is 0.338 e. The molecular formula is C23H37FO2. The van der Waals surface area contributed by atoms with Gasteiger partial charge in [0.2, 0.25) is 0 Å². The van der Waals surface area contributed by atoms with Crippen molar-refractivity contribution in [3.8, 4) is 0 Å². The molecule has 0 heterocycles. The molecule has 1 unspecified atom stereocenters. The molecule has 0 saturated heterocycles. The molecule has 26 heavy (non-hydrogen) atoms. The zero-order valence-corrected chi connectivity index (χ0v) is 16.8. The summed E-state index contributed by atoms with van der Waals surface area (Å²) in [5.41, 5.74) is 0.300. The fourth-order valence-electron chi connectivity index (χ4n) is 3.28. The normalized spacial score (nSPS) is 12.1. The van der Waals surface area contributed by atoms with Gasteiger partial charge in [0.1, 0.15) is 11.9 Å². The van der Waals surface area contributed by atoms with Gasteiger partial charge in [0.25, 0.3) is 0 Å². The molecule has 1 atom stereocenters. The molecule has 148 valence electrons. The molecule has 3 heteroatoms. The summed E-state index contributed by atoms with van der Waals surface area (Å²) in [6.45, 7) is 4.35. The molecule has 2 nitrogen and oxygen atoms in total. The summed E-state index contributed by atoms with van der Waals surface area (Å²) in [5, 5.41) is 0. The number of carbonyl (C=O) groups is 1. The van der Waals surface area contributed by atoms with Gasteiger partial charge in [-0.2, -0.15) is 0 Å². The number of carbonyl (C=O) groups excluding carboxylic acids is 1. The van der Waals surface area contributed by atoms with Crippen LogP contribution in [0.2, 0.25) is 0 Å². The van der Waals surface area contributed by atoms with Crippen molar-refractivity contribution in [3.63, 3.8) is 0 Å². The Morgan fingerprint density at radius 3 is 2.08 bits per heavy atom. The zero-order valence-electron chi connectivity index (χ0n) is 16.8. The third kappa shape index (κ3) is 10.6. The molecule has 0 aliphatic rings. The minimum atomic E-state index is -0.407. The topological polar surface area (TPSA) is 26.3 Å². The van der Waals surface area contributed by atoms with Crippen LogP contribution in [0.15, 0.2) is 24.3 Å². The third-order valence-corrected chi connectivity index (χ3v) is 4.82. The monoisotopic (exact) mass is 364 g/mol. The number of halogens is 1. The Morgan fingerprint density at radius 1 is 0.885 bits per heavy atom. The first-order chi connectivity index (χ1) is 12.7. The minimum absolute atomic E-state index is 0.0511. The molecule has 0 spiro atoms. The number of benzene rings is 1. The van der Waals surface area contributed by atoms with E-state index in [0.717, 1.165) is 25.7 Å². The van der Waals surface area contributed by atoms with Gasteiger partial charge in [-0.05, 0) is 37.5 Å². The van der Waals surface area contributed by atoms with E-state index >= 15 is 0 Å². The first kappa shape index (κ1) is 22.7. The van der Waals surface area contributed by atoms with E-state index in [1.54, 1.807) is 12.1 Å². The molecule has 0 aromatic heterocycles. The molecular weight excluding hydrogens is 327 g/mol. The number of rotatable bonds is 15. The van der Waals surface area contributed by atoms with Gasteiger partial charge in [-0.25, -0.2) is 9.18 Å². The molecule has 1 rings (SSSR count). The summed E-state index contributed by atoms with van der Waals surface area (Å²) < 4.78 is 18.9. The molecule has 1 aromatic rings. The van der Waals surface area contributed by atoms with Crippen LogP contribution >= 0.6 is 0 Å². The lowest BCUT2D eigenvalue weighted by Crippen LogP contribution is -2.18. The van der Waals surface area contributed by atoms with Gasteiger partial charge in [0.05, 0.1) is 5.56 Å². The van der Waals surface area contributed by atoms with Crippen LogP contribution in [0.5, 0.6) is 0 Å². The summed E-state index contributed by atoms with van der Waals surface area (Å²) >= 11 is 0. The van der Waals surface area contributed by atoms with Crippen molar-refractivity contribution in [1.82, 2.24) is 0 Å². The number of hydrogen-bond acceptors (Lipinski definition) is 2.